The number of halogens is 1. The lowest BCUT2D eigenvalue weighted by Gasteiger charge is -2.04. The van der Waals surface area contributed by atoms with E-state index in [1.165, 1.54) is 23.8 Å². The number of benzene rings is 1. The second kappa shape index (κ2) is 6.64. The van der Waals surface area contributed by atoms with Crippen LogP contribution in [-0.4, -0.2) is 17.4 Å². The quantitative estimate of drug-likeness (QED) is 0.661. The minimum absolute atomic E-state index is 0.111. The van der Waals surface area contributed by atoms with Gasteiger partial charge < -0.3 is 5.32 Å². The monoisotopic (exact) mass is 258 g/mol. The molecule has 0 atom stereocenters. The topological polar surface area (TPSA) is 42.0 Å². The molecule has 1 aromatic heterocycles. The maximum absolute atomic E-state index is 12.8. The summed E-state index contributed by atoms with van der Waals surface area (Å²) < 4.78 is 12.8. The summed E-state index contributed by atoms with van der Waals surface area (Å²) in [6.45, 7) is 0.548. The van der Waals surface area contributed by atoms with Crippen molar-refractivity contribution in [3.8, 4) is 0 Å². The minimum Gasteiger partial charge on any atom is -0.351 e. The van der Waals surface area contributed by atoms with E-state index in [0.717, 1.165) is 12.8 Å². The SMILES string of the molecule is O=C(NCCCc1ccccc1)c1cccc(F)n1. The summed E-state index contributed by atoms with van der Waals surface area (Å²) in [7, 11) is 0. The van der Waals surface area contributed by atoms with Gasteiger partial charge in [0.15, 0.2) is 0 Å². The zero-order valence-corrected chi connectivity index (χ0v) is 10.5. The molecule has 0 fully saturated rings. The van der Waals surface area contributed by atoms with Crippen molar-refractivity contribution >= 4 is 5.91 Å². The number of carbonyl (C=O) groups is 1. The Morgan fingerprint density at radius 1 is 1.11 bits per heavy atom. The smallest absolute Gasteiger partial charge is 0.269 e. The van der Waals surface area contributed by atoms with Gasteiger partial charge in [-0.1, -0.05) is 36.4 Å². The fraction of sp³-hybridized carbons (Fsp3) is 0.200. The molecule has 98 valence electrons. The van der Waals surface area contributed by atoms with Crippen LogP contribution in [0.15, 0.2) is 48.5 Å². The molecule has 1 aromatic carbocycles. The standard InChI is InChI=1S/C15H15FN2O/c16-14-10-4-9-13(18-14)15(19)17-11-5-8-12-6-2-1-3-7-12/h1-4,6-7,9-10H,5,8,11H2,(H,17,19). The molecule has 0 radical (unpaired) electrons. The van der Waals surface area contributed by atoms with Gasteiger partial charge in [-0.2, -0.15) is 4.39 Å². The minimum atomic E-state index is -0.642. The van der Waals surface area contributed by atoms with Crippen molar-refractivity contribution in [3.63, 3.8) is 0 Å². The predicted octanol–water partition coefficient (Wildman–Crippen LogP) is 2.58. The van der Waals surface area contributed by atoms with E-state index >= 15 is 0 Å². The molecule has 0 saturated carbocycles. The molecule has 4 heteroatoms. The second-order valence-corrected chi connectivity index (χ2v) is 4.19. The van der Waals surface area contributed by atoms with E-state index in [1.807, 2.05) is 18.2 Å². The van der Waals surface area contributed by atoms with Crippen LogP contribution in [-0.2, 0) is 6.42 Å². The molecule has 0 aliphatic carbocycles. The molecule has 0 aliphatic heterocycles. The maximum Gasteiger partial charge on any atom is 0.269 e. The number of rotatable bonds is 5. The normalized spacial score (nSPS) is 10.2. The first-order chi connectivity index (χ1) is 9.25. The largest absolute Gasteiger partial charge is 0.351 e. The van der Waals surface area contributed by atoms with Crippen LogP contribution >= 0.6 is 0 Å². The Bertz CT molecular complexity index is 543. The van der Waals surface area contributed by atoms with E-state index in [9.17, 15) is 9.18 Å². The summed E-state index contributed by atoms with van der Waals surface area (Å²) in [6.07, 6.45) is 1.74. The van der Waals surface area contributed by atoms with E-state index in [0.29, 0.717) is 6.54 Å². The van der Waals surface area contributed by atoms with Crippen molar-refractivity contribution in [2.45, 2.75) is 12.8 Å². The lowest BCUT2D eigenvalue weighted by Crippen LogP contribution is -2.25. The average molecular weight is 258 g/mol. The van der Waals surface area contributed by atoms with Crippen LogP contribution in [0, 0.1) is 5.95 Å². The lowest BCUT2D eigenvalue weighted by atomic mass is 10.1. The van der Waals surface area contributed by atoms with Gasteiger partial charge >= 0.3 is 0 Å². The molecule has 0 unspecified atom stereocenters. The number of hydrogen-bond acceptors (Lipinski definition) is 2. The van der Waals surface area contributed by atoms with Crippen LogP contribution in [0.2, 0.25) is 0 Å². The summed E-state index contributed by atoms with van der Waals surface area (Å²) in [5.41, 5.74) is 1.35. The van der Waals surface area contributed by atoms with Gasteiger partial charge in [0.1, 0.15) is 5.69 Å². The Labute approximate surface area is 111 Å². The van der Waals surface area contributed by atoms with E-state index < -0.39 is 5.95 Å². The van der Waals surface area contributed by atoms with Crippen molar-refractivity contribution in [2.24, 2.45) is 0 Å². The van der Waals surface area contributed by atoms with Gasteiger partial charge in [-0.25, -0.2) is 4.98 Å². The number of aryl methyl sites for hydroxylation is 1. The predicted molar refractivity (Wildman–Crippen MR) is 71.3 cm³/mol. The number of carbonyl (C=O) groups excluding carboxylic acids is 1. The van der Waals surface area contributed by atoms with E-state index in [2.05, 4.69) is 22.4 Å². The highest BCUT2D eigenvalue weighted by Crippen LogP contribution is 2.02. The van der Waals surface area contributed by atoms with E-state index in [4.69, 9.17) is 0 Å². The van der Waals surface area contributed by atoms with Crippen molar-refractivity contribution in [3.05, 3.63) is 65.7 Å². The lowest BCUT2D eigenvalue weighted by molar-refractivity contribution is 0.0947. The maximum atomic E-state index is 12.8. The summed E-state index contributed by atoms with van der Waals surface area (Å²) in [6, 6.07) is 14.2. The summed E-state index contributed by atoms with van der Waals surface area (Å²) >= 11 is 0. The summed E-state index contributed by atoms with van der Waals surface area (Å²) in [5.74, 6) is -0.982. The Hall–Kier alpha value is -2.23. The van der Waals surface area contributed by atoms with Crippen molar-refractivity contribution in [2.75, 3.05) is 6.54 Å². The molecule has 3 nitrogen and oxygen atoms in total. The van der Waals surface area contributed by atoms with Crippen molar-refractivity contribution < 1.29 is 9.18 Å². The van der Waals surface area contributed by atoms with Gasteiger partial charge in [0.05, 0.1) is 0 Å². The molecule has 0 bridgehead atoms. The third kappa shape index (κ3) is 4.17. The number of nitrogens with zero attached hydrogens (tertiary/aromatic N) is 1. The molecule has 2 rings (SSSR count). The van der Waals surface area contributed by atoms with E-state index in [-0.39, 0.29) is 11.6 Å². The molecule has 2 aromatic rings. The Morgan fingerprint density at radius 2 is 1.89 bits per heavy atom. The Balaban J connectivity index is 1.75. The fourth-order valence-corrected chi connectivity index (χ4v) is 1.76. The molecule has 0 saturated heterocycles. The molecule has 19 heavy (non-hydrogen) atoms. The van der Waals surface area contributed by atoms with Crippen LogP contribution in [0.3, 0.4) is 0 Å². The zero-order chi connectivity index (χ0) is 13.5. The Kier molecular flexibility index (Phi) is 4.61. The number of pyridine rings is 1. The van der Waals surface area contributed by atoms with E-state index in [1.54, 1.807) is 0 Å². The average Bonchev–Trinajstić information content (AvgIpc) is 2.44. The zero-order valence-electron chi connectivity index (χ0n) is 10.5. The number of amides is 1. The van der Waals surface area contributed by atoms with Gasteiger partial charge in [-0.05, 0) is 30.5 Å². The summed E-state index contributed by atoms with van der Waals surface area (Å²) in [4.78, 5) is 15.2. The van der Waals surface area contributed by atoms with Crippen LogP contribution in [0.1, 0.15) is 22.5 Å². The highest BCUT2D eigenvalue weighted by molar-refractivity contribution is 5.92. The Morgan fingerprint density at radius 3 is 2.63 bits per heavy atom. The van der Waals surface area contributed by atoms with Crippen molar-refractivity contribution in [1.29, 1.82) is 0 Å². The molecule has 0 spiro atoms. The number of aromatic nitrogens is 1. The first-order valence-electron chi connectivity index (χ1n) is 6.20. The van der Waals surface area contributed by atoms with Gasteiger partial charge in [-0.3, -0.25) is 4.79 Å². The molecule has 1 heterocycles. The van der Waals surface area contributed by atoms with Gasteiger partial charge in [0, 0.05) is 6.54 Å². The first kappa shape index (κ1) is 13.2. The molecule has 0 aliphatic rings. The van der Waals surface area contributed by atoms with Gasteiger partial charge in [0.2, 0.25) is 5.95 Å². The molecular weight excluding hydrogens is 243 g/mol. The number of hydrogen-bond donors (Lipinski definition) is 1. The van der Waals surface area contributed by atoms with Crippen LogP contribution in [0.5, 0.6) is 0 Å². The molecule has 1 amide bonds. The van der Waals surface area contributed by atoms with Gasteiger partial charge in [0.25, 0.3) is 5.91 Å². The van der Waals surface area contributed by atoms with Crippen LogP contribution < -0.4 is 5.32 Å². The third-order valence-electron chi connectivity index (χ3n) is 2.72. The highest BCUT2D eigenvalue weighted by Gasteiger charge is 2.06. The van der Waals surface area contributed by atoms with Gasteiger partial charge in [-0.15, -0.1) is 0 Å². The molecule has 1 N–H and O–H groups in total. The first-order valence-corrected chi connectivity index (χ1v) is 6.20. The third-order valence-corrected chi connectivity index (χ3v) is 2.72. The van der Waals surface area contributed by atoms with Crippen LogP contribution in [0.4, 0.5) is 4.39 Å². The highest BCUT2D eigenvalue weighted by atomic mass is 19.1. The summed E-state index contributed by atoms with van der Waals surface area (Å²) in [5, 5.41) is 2.73. The fourth-order valence-electron chi connectivity index (χ4n) is 1.76. The number of nitrogens with one attached hydrogen (secondary N) is 1. The second-order valence-electron chi connectivity index (χ2n) is 4.19. The van der Waals surface area contributed by atoms with Crippen molar-refractivity contribution in [1.82, 2.24) is 10.3 Å². The molecular formula is C15H15FN2O. The van der Waals surface area contributed by atoms with Crippen LogP contribution in [0.25, 0.3) is 0 Å².